The van der Waals surface area contributed by atoms with Crippen LogP contribution < -0.4 is 5.32 Å². The van der Waals surface area contributed by atoms with Gasteiger partial charge in [0.25, 0.3) is 0 Å². The van der Waals surface area contributed by atoms with E-state index in [1.165, 1.54) is 0 Å². The van der Waals surface area contributed by atoms with Crippen LogP contribution in [0.15, 0.2) is 10.6 Å². The van der Waals surface area contributed by atoms with Gasteiger partial charge < -0.3 is 14.9 Å². The van der Waals surface area contributed by atoms with Gasteiger partial charge in [0.15, 0.2) is 5.82 Å². The molecule has 0 bridgehead atoms. The monoisotopic (exact) mass is 226 g/mol. The number of aliphatic carboxylic acids is 1. The van der Waals surface area contributed by atoms with Gasteiger partial charge in [0, 0.05) is 18.9 Å². The molecule has 1 amide bonds. The molecule has 1 aromatic rings. The van der Waals surface area contributed by atoms with Crippen LogP contribution >= 0.6 is 0 Å². The topological polar surface area (TPSA) is 92.4 Å². The molecule has 0 aromatic carbocycles. The highest BCUT2D eigenvalue weighted by Gasteiger charge is 2.13. The Bertz CT molecular complexity index is 386. The second kappa shape index (κ2) is 5.29. The van der Waals surface area contributed by atoms with Gasteiger partial charge in [-0.15, -0.1) is 0 Å². The summed E-state index contributed by atoms with van der Waals surface area (Å²) < 4.78 is 4.78. The molecule has 2 N–H and O–H groups in total. The number of rotatable bonds is 5. The summed E-state index contributed by atoms with van der Waals surface area (Å²) >= 11 is 0. The number of amides is 1. The maximum absolute atomic E-state index is 11.4. The van der Waals surface area contributed by atoms with Crippen molar-refractivity contribution in [2.45, 2.75) is 26.7 Å². The number of hydrogen-bond donors (Lipinski definition) is 2. The number of carbonyl (C=O) groups is 2. The maximum atomic E-state index is 11.4. The molecule has 1 atom stereocenters. The summed E-state index contributed by atoms with van der Waals surface area (Å²) in [6.07, 6.45) is 0.128. The summed E-state index contributed by atoms with van der Waals surface area (Å²) in [6, 6.07) is 1.60. The predicted molar refractivity (Wildman–Crippen MR) is 55.9 cm³/mol. The van der Waals surface area contributed by atoms with Crippen LogP contribution in [0.3, 0.4) is 0 Å². The van der Waals surface area contributed by atoms with Crippen LogP contribution in [-0.4, -0.2) is 22.1 Å². The third-order valence-corrected chi connectivity index (χ3v) is 1.95. The number of nitrogens with zero attached hydrogens (tertiary/aromatic N) is 1. The Morgan fingerprint density at radius 2 is 2.25 bits per heavy atom. The third-order valence-electron chi connectivity index (χ3n) is 1.95. The molecule has 0 aliphatic rings. The van der Waals surface area contributed by atoms with E-state index in [-0.39, 0.29) is 24.7 Å². The van der Waals surface area contributed by atoms with Crippen molar-refractivity contribution in [3.63, 3.8) is 0 Å². The number of nitrogens with one attached hydrogen (secondary N) is 1. The normalized spacial score (nSPS) is 12.1. The van der Waals surface area contributed by atoms with Crippen molar-refractivity contribution >= 4 is 17.7 Å². The Kier molecular flexibility index (Phi) is 4.04. The highest BCUT2D eigenvalue weighted by Crippen LogP contribution is 2.11. The van der Waals surface area contributed by atoms with Crippen molar-refractivity contribution in [3.05, 3.63) is 11.8 Å². The molecular formula is C10H14N2O4. The van der Waals surface area contributed by atoms with Crippen molar-refractivity contribution in [2.24, 2.45) is 5.92 Å². The Morgan fingerprint density at radius 1 is 1.56 bits per heavy atom. The van der Waals surface area contributed by atoms with E-state index in [0.717, 1.165) is 0 Å². The second-order valence-corrected chi connectivity index (χ2v) is 3.78. The van der Waals surface area contributed by atoms with Gasteiger partial charge in [0.1, 0.15) is 5.76 Å². The highest BCUT2D eigenvalue weighted by atomic mass is 16.5. The lowest BCUT2D eigenvalue weighted by Crippen LogP contribution is -2.17. The number of aromatic nitrogens is 1. The molecule has 1 aromatic heterocycles. The van der Waals surface area contributed by atoms with Gasteiger partial charge in [-0.25, -0.2) is 0 Å². The lowest BCUT2D eigenvalue weighted by molar-refractivity contribution is -0.138. The minimum absolute atomic E-state index is 0.0226. The van der Waals surface area contributed by atoms with Gasteiger partial charge in [0.2, 0.25) is 5.91 Å². The van der Waals surface area contributed by atoms with E-state index in [2.05, 4.69) is 10.5 Å². The molecule has 0 fully saturated rings. The van der Waals surface area contributed by atoms with Crippen LogP contribution in [0, 0.1) is 12.8 Å². The van der Waals surface area contributed by atoms with E-state index in [4.69, 9.17) is 9.63 Å². The number of hydrogen-bond acceptors (Lipinski definition) is 4. The molecule has 0 saturated carbocycles. The van der Waals surface area contributed by atoms with Crippen LogP contribution in [-0.2, 0) is 9.59 Å². The summed E-state index contributed by atoms with van der Waals surface area (Å²) in [5.41, 5.74) is 0. The van der Waals surface area contributed by atoms with E-state index in [9.17, 15) is 9.59 Å². The first-order valence-corrected chi connectivity index (χ1v) is 4.92. The first kappa shape index (κ1) is 12.2. The van der Waals surface area contributed by atoms with Crippen molar-refractivity contribution in [2.75, 3.05) is 5.32 Å². The number of carbonyl (C=O) groups excluding carboxylic acids is 1. The molecule has 16 heavy (non-hydrogen) atoms. The standard InChI is InChI=1S/C10H14N2O4/c1-6(4-10(14)15)3-9(13)11-8-5-7(2)16-12-8/h5-6H,3-4H2,1-2H3,(H,14,15)(H,11,12,13). The van der Waals surface area contributed by atoms with Crippen molar-refractivity contribution in [1.82, 2.24) is 5.16 Å². The third kappa shape index (κ3) is 4.12. The summed E-state index contributed by atoms with van der Waals surface area (Å²) in [7, 11) is 0. The van der Waals surface area contributed by atoms with E-state index >= 15 is 0 Å². The molecule has 88 valence electrons. The number of carboxylic acids is 1. The average molecular weight is 226 g/mol. The molecule has 1 unspecified atom stereocenters. The van der Waals surface area contributed by atoms with Crippen molar-refractivity contribution in [3.8, 4) is 0 Å². The summed E-state index contributed by atoms with van der Waals surface area (Å²) in [5.74, 6) is -0.413. The highest BCUT2D eigenvalue weighted by molar-refractivity contribution is 5.90. The van der Waals surface area contributed by atoms with Crippen LogP contribution in [0.4, 0.5) is 5.82 Å². The maximum Gasteiger partial charge on any atom is 0.303 e. The van der Waals surface area contributed by atoms with E-state index in [1.54, 1.807) is 19.9 Å². The zero-order chi connectivity index (χ0) is 12.1. The first-order valence-electron chi connectivity index (χ1n) is 4.92. The van der Waals surface area contributed by atoms with Crippen LogP contribution in [0.2, 0.25) is 0 Å². The van der Waals surface area contributed by atoms with E-state index in [0.29, 0.717) is 11.6 Å². The molecule has 6 heteroatoms. The molecule has 6 nitrogen and oxygen atoms in total. The van der Waals surface area contributed by atoms with Gasteiger partial charge in [-0.2, -0.15) is 0 Å². The van der Waals surface area contributed by atoms with E-state index in [1.807, 2.05) is 0 Å². The summed E-state index contributed by atoms with van der Waals surface area (Å²) in [4.78, 5) is 21.8. The zero-order valence-corrected chi connectivity index (χ0v) is 9.19. The molecule has 1 rings (SSSR count). The Balaban J connectivity index is 2.38. The van der Waals surface area contributed by atoms with Crippen molar-refractivity contribution in [1.29, 1.82) is 0 Å². The summed E-state index contributed by atoms with van der Waals surface area (Å²) in [6.45, 7) is 3.43. The molecule has 0 aliphatic carbocycles. The lowest BCUT2D eigenvalue weighted by Gasteiger charge is -2.07. The smallest absolute Gasteiger partial charge is 0.303 e. The largest absolute Gasteiger partial charge is 0.481 e. The zero-order valence-electron chi connectivity index (χ0n) is 9.19. The Labute approximate surface area is 92.6 Å². The molecule has 0 saturated heterocycles. The fourth-order valence-corrected chi connectivity index (χ4v) is 1.31. The number of anilines is 1. The van der Waals surface area contributed by atoms with Gasteiger partial charge in [-0.3, -0.25) is 9.59 Å². The van der Waals surface area contributed by atoms with E-state index < -0.39 is 5.97 Å². The average Bonchev–Trinajstić information content (AvgIpc) is 2.48. The predicted octanol–water partition coefficient (Wildman–Crippen LogP) is 1.42. The minimum Gasteiger partial charge on any atom is -0.481 e. The summed E-state index contributed by atoms with van der Waals surface area (Å²) in [5, 5.41) is 14.7. The van der Waals surface area contributed by atoms with Crippen LogP contribution in [0.1, 0.15) is 25.5 Å². The minimum atomic E-state index is -0.905. The van der Waals surface area contributed by atoms with Crippen molar-refractivity contribution < 1.29 is 19.2 Å². The van der Waals surface area contributed by atoms with Gasteiger partial charge in [-0.1, -0.05) is 12.1 Å². The SMILES string of the molecule is Cc1cc(NC(=O)CC(C)CC(=O)O)no1. The van der Waals surface area contributed by atoms with Crippen LogP contribution in [0.25, 0.3) is 0 Å². The lowest BCUT2D eigenvalue weighted by atomic mass is 10.0. The number of carboxylic acid groups (broad SMARTS) is 1. The fourth-order valence-electron chi connectivity index (χ4n) is 1.31. The molecule has 0 aliphatic heterocycles. The van der Waals surface area contributed by atoms with Crippen LogP contribution in [0.5, 0.6) is 0 Å². The second-order valence-electron chi connectivity index (χ2n) is 3.78. The fraction of sp³-hybridized carbons (Fsp3) is 0.500. The molecular weight excluding hydrogens is 212 g/mol. The molecule has 0 spiro atoms. The van der Waals surface area contributed by atoms with Gasteiger partial charge in [-0.05, 0) is 12.8 Å². The first-order chi connectivity index (χ1) is 7.47. The van der Waals surface area contributed by atoms with Gasteiger partial charge >= 0.3 is 5.97 Å². The molecule has 1 heterocycles. The number of aryl methyl sites for hydroxylation is 1. The quantitative estimate of drug-likeness (QED) is 0.792. The van der Waals surface area contributed by atoms with Gasteiger partial charge in [0.05, 0.1) is 0 Å². The Morgan fingerprint density at radius 3 is 2.75 bits per heavy atom. The molecule has 0 radical (unpaired) electrons. The Hall–Kier alpha value is -1.85.